The van der Waals surface area contributed by atoms with Crippen molar-refractivity contribution in [1.82, 2.24) is 19.9 Å². The zero-order valence-electron chi connectivity index (χ0n) is 30.7. The van der Waals surface area contributed by atoms with E-state index in [2.05, 4.69) is 146 Å². The minimum absolute atomic E-state index is 0.614. The average Bonchev–Trinajstić information content (AvgIpc) is 3.67. The van der Waals surface area contributed by atoms with Crippen LogP contribution in [0.25, 0.3) is 111 Å². The molecule has 4 heterocycles. The van der Waals surface area contributed by atoms with Gasteiger partial charge < -0.3 is 4.42 Å². The lowest BCUT2D eigenvalue weighted by molar-refractivity contribution is 0.669. The summed E-state index contributed by atoms with van der Waals surface area (Å²) >= 11 is 0. The Morgan fingerprint density at radius 2 is 0.877 bits per heavy atom. The zero-order chi connectivity index (χ0) is 37.7. The molecule has 0 aliphatic rings. The second-order valence-electron chi connectivity index (χ2n) is 14.3. The quantitative estimate of drug-likeness (QED) is 0.171. The molecule has 5 nitrogen and oxygen atoms in total. The first-order valence-corrected chi connectivity index (χ1v) is 19.0. The third-order valence-corrected chi connectivity index (χ3v) is 10.8. The van der Waals surface area contributed by atoms with Gasteiger partial charge in [0.1, 0.15) is 11.2 Å². The largest absolute Gasteiger partial charge is 0.456 e. The molecule has 11 aromatic rings. The smallest absolute Gasteiger partial charge is 0.160 e. The maximum atomic E-state index is 6.33. The molecule has 0 radical (unpaired) electrons. The number of hydrogen-bond acceptors (Lipinski definition) is 5. The maximum absolute atomic E-state index is 6.33. The lowest BCUT2D eigenvalue weighted by Crippen LogP contribution is -1.97. The van der Waals surface area contributed by atoms with Crippen molar-refractivity contribution < 1.29 is 4.42 Å². The summed E-state index contributed by atoms with van der Waals surface area (Å²) < 4.78 is 6.33. The van der Waals surface area contributed by atoms with Crippen LogP contribution in [0.15, 0.2) is 199 Å². The van der Waals surface area contributed by atoms with Crippen molar-refractivity contribution in [1.29, 1.82) is 0 Å². The van der Waals surface area contributed by atoms with Gasteiger partial charge in [-0.2, -0.15) is 0 Å². The first-order valence-electron chi connectivity index (χ1n) is 19.0. The van der Waals surface area contributed by atoms with Crippen LogP contribution in [-0.2, 0) is 0 Å². The molecule has 5 heteroatoms. The van der Waals surface area contributed by atoms with Crippen molar-refractivity contribution >= 4 is 43.7 Å². The standard InChI is InChI=1S/C52H32N4O/c1-2-10-33(11-3-1)34-20-22-35(23-21-34)46-32-47(56-52(55-46)38-24-25-45-44-16-4-5-19-48(44)57-49(45)31-38)41-29-39(42-17-6-12-36-14-8-26-53-50(36)42)28-40(30-41)43-18-7-13-37-15-9-27-54-51(37)43/h1-32H. The number of hydrogen-bond donors (Lipinski definition) is 0. The van der Waals surface area contributed by atoms with Gasteiger partial charge in [-0.25, -0.2) is 9.97 Å². The molecule has 4 aromatic heterocycles. The van der Waals surface area contributed by atoms with Gasteiger partial charge in [-0.05, 0) is 76.9 Å². The van der Waals surface area contributed by atoms with Gasteiger partial charge in [0, 0.05) is 61.8 Å². The summed E-state index contributed by atoms with van der Waals surface area (Å²) in [4.78, 5) is 20.3. The predicted octanol–water partition coefficient (Wildman–Crippen LogP) is 13.5. The van der Waals surface area contributed by atoms with Crippen LogP contribution in [0, 0.1) is 0 Å². The number of fused-ring (bicyclic) bond motifs is 5. The molecule has 0 spiro atoms. The van der Waals surface area contributed by atoms with Crippen molar-refractivity contribution in [3.8, 4) is 67.3 Å². The van der Waals surface area contributed by atoms with Gasteiger partial charge in [0.2, 0.25) is 0 Å². The molecule has 0 saturated carbocycles. The van der Waals surface area contributed by atoms with E-state index in [4.69, 9.17) is 24.4 Å². The Morgan fingerprint density at radius 3 is 1.58 bits per heavy atom. The molecule has 11 rings (SSSR count). The first kappa shape index (κ1) is 32.7. The fourth-order valence-corrected chi connectivity index (χ4v) is 7.96. The number of furan rings is 1. The molecule has 266 valence electrons. The van der Waals surface area contributed by atoms with Gasteiger partial charge >= 0.3 is 0 Å². The molecule has 7 aromatic carbocycles. The Bertz CT molecular complexity index is 3190. The predicted molar refractivity (Wildman–Crippen MR) is 233 cm³/mol. The van der Waals surface area contributed by atoms with Crippen molar-refractivity contribution in [2.75, 3.05) is 0 Å². The summed E-state index contributed by atoms with van der Waals surface area (Å²) in [6.07, 6.45) is 3.71. The van der Waals surface area contributed by atoms with E-state index in [0.29, 0.717) is 5.82 Å². The molecule has 0 aliphatic heterocycles. The second kappa shape index (κ2) is 13.5. The number of aromatic nitrogens is 4. The highest BCUT2D eigenvalue weighted by Crippen LogP contribution is 2.39. The highest BCUT2D eigenvalue weighted by Gasteiger charge is 2.17. The van der Waals surface area contributed by atoms with E-state index in [9.17, 15) is 0 Å². The molecule has 0 amide bonds. The fourth-order valence-electron chi connectivity index (χ4n) is 7.96. The minimum Gasteiger partial charge on any atom is -0.456 e. The van der Waals surface area contributed by atoms with Crippen LogP contribution in [0.4, 0.5) is 0 Å². The number of para-hydroxylation sites is 3. The lowest BCUT2D eigenvalue weighted by atomic mass is 9.92. The third-order valence-electron chi connectivity index (χ3n) is 10.8. The van der Waals surface area contributed by atoms with Gasteiger partial charge in [-0.15, -0.1) is 0 Å². The first-order chi connectivity index (χ1) is 28.2. The summed E-state index contributed by atoms with van der Waals surface area (Å²) in [5.74, 6) is 0.614. The van der Waals surface area contributed by atoms with E-state index in [1.165, 1.54) is 5.56 Å². The Kier molecular flexibility index (Phi) is 7.74. The molecule has 0 atom stereocenters. The molecule has 0 unspecified atom stereocenters. The number of rotatable bonds is 6. The van der Waals surface area contributed by atoms with Gasteiger partial charge in [-0.1, -0.05) is 127 Å². The fraction of sp³-hybridized carbons (Fsp3) is 0. The van der Waals surface area contributed by atoms with Crippen molar-refractivity contribution in [3.05, 3.63) is 194 Å². The average molecular weight is 729 g/mol. The summed E-state index contributed by atoms with van der Waals surface area (Å²) in [5, 5.41) is 4.32. The van der Waals surface area contributed by atoms with E-state index in [1.54, 1.807) is 0 Å². The number of benzene rings is 7. The molecule has 0 fully saturated rings. The number of pyridine rings is 2. The van der Waals surface area contributed by atoms with Crippen LogP contribution in [0.2, 0.25) is 0 Å². The second-order valence-corrected chi connectivity index (χ2v) is 14.3. The summed E-state index contributed by atoms with van der Waals surface area (Å²) in [6.45, 7) is 0. The van der Waals surface area contributed by atoms with E-state index in [1.807, 2.05) is 48.8 Å². The molecule has 0 saturated heterocycles. The highest BCUT2D eigenvalue weighted by molar-refractivity contribution is 6.06. The van der Waals surface area contributed by atoms with Gasteiger partial charge in [0.25, 0.3) is 0 Å². The topological polar surface area (TPSA) is 64.7 Å². The van der Waals surface area contributed by atoms with Crippen molar-refractivity contribution in [2.24, 2.45) is 0 Å². The van der Waals surface area contributed by atoms with Crippen molar-refractivity contribution in [3.63, 3.8) is 0 Å². The van der Waals surface area contributed by atoms with Crippen molar-refractivity contribution in [2.45, 2.75) is 0 Å². The van der Waals surface area contributed by atoms with Crippen LogP contribution >= 0.6 is 0 Å². The molecule has 57 heavy (non-hydrogen) atoms. The molecule has 0 N–H and O–H groups in total. The SMILES string of the molecule is c1ccc(-c2ccc(-c3cc(-c4cc(-c5cccc6cccnc56)cc(-c5cccc6cccnc56)c4)nc(-c4ccc5c(c4)oc4ccccc45)n3)cc2)cc1. The Balaban J connectivity index is 1.14. The van der Waals surface area contributed by atoms with Crippen LogP contribution in [-0.4, -0.2) is 19.9 Å². The molecule has 0 bridgehead atoms. The zero-order valence-corrected chi connectivity index (χ0v) is 30.7. The summed E-state index contributed by atoms with van der Waals surface area (Å²) in [6, 6.07) is 63.1. The third kappa shape index (κ3) is 5.90. The van der Waals surface area contributed by atoms with E-state index in [0.717, 1.165) is 99.6 Å². The van der Waals surface area contributed by atoms with Crippen LogP contribution in [0.3, 0.4) is 0 Å². The summed E-state index contributed by atoms with van der Waals surface area (Å²) in [5.41, 5.74) is 14.5. The normalized spacial score (nSPS) is 11.5. The molecular weight excluding hydrogens is 697 g/mol. The minimum atomic E-state index is 0.614. The van der Waals surface area contributed by atoms with Crippen LogP contribution in [0.5, 0.6) is 0 Å². The van der Waals surface area contributed by atoms with Crippen LogP contribution in [0.1, 0.15) is 0 Å². The van der Waals surface area contributed by atoms with Crippen LogP contribution < -0.4 is 0 Å². The maximum Gasteiger partial charge on any atom is 0.160 e. The van der Waals surface area contributed by atoms with E-state index in [-0.39, 0.29) is 0 Å². The van der Waals surface area contributed by atoms with E-state index < -0.39 is 0 Å². The summed E-state index contributed by atoms with van der Waals surface area (Å²) in [7, 11) is 0. The monoisotopic (exact) mass is 728 g/mol. The molecular formula is C52H32N4O. The highest BCUT2D eigenvalue weighted by atomic mass is 16.3. The Labute approximate surface area is 328 Å². The van der Waals surface area contributed by atoms with Gasteiger partial charge in [0.05, 0.1) is 22.4 Å². The Morgan fingerprint density at radius 1 is 0.333 bits per heavy atom. The van der Waals surface area contributed by atoms with E-state index >= 15 is 0 Å². The lowest BCUT2D eigenvalue weighted by Gasteiger charge is -2.15. The van der Waals surface area contributed by atoms with Gasteiger partial charge in [0.15, 0.2) is 5.82 Å². The number of nitrogens with zero attached hydrogens (tertiary/aromatic N) is 4. The Hall–Kier alpha value is -7.76. The molecule has 0 aliphatic carbocycles. The van der Waals surface area contributed by atoms with Gasteiger partial charge in [-0.3, -0.25) is 9.97 Å².